The summed E-state index contributed by atoms with van der Waals surface area (Å²) in [6, 6.07) is 9.77. The molecule has 1 heterocycles. The fourth-order valence-electron chi connectivity index (χ4n) is 2.40. The highest BCUT2D eigenvalue weighted by Crippen LogP contribution is 2.28. The van der Waals surface area contributed by atoms with Gasteiger partial charge in [0, 0.05) is 6.07 Å². The summed E-state index contributed by atoms with van der Waals surface area (Å²) in [6.07, 6.45) is 0. The monoisotopic (exact) mass is 374 g/mol. The minimum atomic E-state index is -0.767. The Morgan fingerprint density at radius 1 is 1.19 bits per heavy atom. The van der Waals surface area contributed by atoms with Crippen LogP contribution < -0.4 is 14.8 Å². The summed E-state index contributed by atoms with van der Waals surface area (Å²) in [4.78, 5) is 12.4. The Morgan fingerprint density at radius 3 is 2.67 bits per heavy atom. The van der Waals surface area contributed by atoms with E-state index in [2.05, 4.69) is 10.5 Å². The molecule has 0 aliphatic rings. The van der Waals surface area contributed by atoms with E-state index < -0.39 is 17.5 Å². The van der Waals surface area contributed by atoms with Gasteiger partial charge < -0.3 is 19.3 Å². The largest absolute Gasteiger partial charge is 0.493 e. The van der Waals surface area contributed by atoms with Crippen molar-refractivity contribution in [3.63, 3.8) is 0 Å². The van der Waals surface area contributed by atoms with E-state index in [0.29, 0.717) is 22.8 Å². The molecule has 8 heteroatoms. The van der Waals surface area contributed by atoms with Gasteiger partial charge in [-0.1, -0.05) is 17.3 Å². The number of hydrogen-bond acceptors (Lipinski definition) is 5. The number of hydrogen-bond donors (Lipinski definition) is 1. The second-order valence-corrected chi connectivity index (χ2v) is 5.58. The lowest BCUT2D eigenvalue weighted by molar-refractivity contribution is 0.101. The van der Waals surface area contributed by atoms with E-state index in [9.17, 15) is 13.6 Å². The molecule has 0 aliphatic heterocycles. The number of benzene rings is 2. The van der Waals surface area contributed by atoms with Crippen molar-refractivity contribution >= 4 is 11.6 Å². The van der Waals surface area contributed by atoms with Crippen molar-refractivity contribution < 1.29 is 27.6 Å². The van der Waals surface area contributed by atoms with Crippen LogP contribution in [0, 0.1) is 18.6 Å². The number of aromatic nitrogens is 1. The van der Waals surface area contributed by atoms with E-state index in [-0.39, 0.29) is 18.0 Å². The molecule has 0 atom stereocenters. The first-order valence-electron chi connectivity index (χ1n) is 7.97. The molecule has 0 spiro atoms. The van der Waals surface area contributed by atoms with Crippen LogP contribution >= 0.6 is 0 Å². The molecular formula is C19H16F2N2O4. The molecule has 3 rings (SSSR count). The molecule has 140 valence electrons. The Morgan fingerprint density at radius 2 is 1.93 bits per heavy atom. The molecule has 3 aromatic rings. The summed E-state index contributed by atoms with van der Waals surface area (Å²) in [6.45, 7) is 1.59. The summed E-state index contributed by atoms with van der Waals surface area (Å²) in [5.41, 5.74) is 0.0125. The molecule has 0 aliphatic carbocycles. The van der Waals surface area contributed by atoms with Gasteiger partial charge in [0.15, 0.2) is 17.2 Å². The highest BCUT2D eigenvalue weighted by molar-refractivity contribution is 6.03. The number of nitrogens with one attached hydrogen (secondary N) is 1. The molecule has 0 saturated heterocycles. The Balaban J connectivity index is 1.79. The number of nitrogens with zero attached hydrogens (tertiary/aromatic N) is 1. The van der Waals surface area contributed by atoms with Crippen molar-refractivity contribution in [3.8, 4) is 11.5 Å². The van der Waals surface area contributed by atoms with Gasteiger partial charge >= 0.3 is 0 Å². The molecule has 0 unspecified atom stereocenters. The quantitative estimate of drug-likeness (QED) is 0.703. The van der Waals surface area contributed by atoms with Crippen molar-refractivity contribution in [2.75, 3.05) is 12.4 Å². The molecule has 27 heavy (non-hydrogen) atoms. The zero-order chi connectivity index (χ0) is 19.4. The molecular weight excluding hydrogens is 358 g/mol. The van der Waals surface area contributed by atoms with Crippen molar-refractivity contribution in [1.82, 2.24) is 5.16 Å². The molecule has 0 bridgehead atoms. The lowest BCUT2D eigenvalue weighted by atomic mass is 10.2. The normalized spacial score (nSPS) is 10.5. The average Bonchev–Trinajstić information content (AvgIpc) is 3.04. The van der Waals surface area contributed by atoms with Gasteiger partial charge in [-0.25, -0.2) is 8.78 Å². The Hall–Kier alpha value is -3.42. The van der Waals surface area contributed by atoms with Crippen molar-refractivity contribution in [3.05, 3.63) is 71.1 Å². The zero-order valence-corrected chi connectivity index (χ0v) is 14.6. The Labute approximate surface area is 153 Å². The summed E-state index contributed by atoms with van der Waals surface area (Å²) in [5, 5.41) is 5.99. The third-order valence-corrected chi connectivity index (χ3v) is 3.82. The lowest BCUT2D eigenvalue weighted by Crippen LogP contribution is -2.16. The summed E-state index contributed by atoms with van der Waals surface area (Å²) in [5.74, 6) is -0.813. The Kier molecular flexibility index (Phi) is 5.35. The van der Waals surface area contributed by atoms with Gasteiger partial charge in [-0.15, -0.1) is 0 Å². The number of anilines is 1. The second kappa shape index (κ2) is 7.86. The van der Waals surface area contributed by atoms with E-state index in [1.165, 1.54) is 7.11 Å². The smallest absolute Gasteiger partial charge is 0.278 e. The summed E-state index contributed by atoms with van der Waals surface area (Å²) >= 11 is 0. The minimum absolute atomic E-state index is 0.0237. The first kappa shape index (κ1) is 18.4. The van der Waals surface area contributed by atoms with Gasteiger partial charge in [-0.3, -0.25) is 4.79 Å². The van der Waals surface area contributed by atoms with E-state index in [0.717, 1.165) is 18.2 Å². The van der Waals surface area contributed by atoms with Gasteiger partial charge in [-0.2, -0.15) is 0 Å². The first-order valence-corrected chi connectivity index (χ1v) is 7.97. The number of carbonyl (C=O) groups excluding carboxylic acids is 1. The molecule has 1 amide bonds. The number of aryl methyl sites for hydroxylation is 1. The van der Waals surface area contributed by atoms with Crippen LogP contribution in [-0.2, 0) is 6.61 Å². The average molecular weight is 374 g/mol. The van der Waals surface area contributed by atoms with E-state index in [1.54, 1.807) is 31.2 Å². The van der Waals surface area contributed by atoms with Gasteiger partial charge in [-0.05, 0) is 31.2 Å². The number of methoxy groups -OCH3 is 1. The zero-order valence-electron chi connectivity index (χ0n) is 14.6. The summed E-state index contributed by atoms with van der Waals surface area (Å²) < 4.78 is 43.0. The molecule has 0 saturated carbocycles. The third kappa shape index (κ3) is 4.05. The lowest BCUT2D eigenvalue weighted by Gasteiger charge is -2.10. The molecule has 0 radical (unpaired) electrons. The van der Waals surface area contributed by atoms with Crippen LogP contribution in [0.5, 0.6) is 11.5 Å². The van der Waals surface area contributed by atoms with Gasteiger partial charge in [0.05, 0.1) is 18.4 Å². The highest BCUT2D eigenvalue weighted by Gasteiger charge is 2.22. The number of para-hydroxylation sites is 2. The number of halogens is 2. The van der Waals surface area contributed by atoms with Crippen LogP contribution in [0.4, 0.5) is 14.5 Å². The predicted molar refractivity (Wildman–Crippen MR) is 92.9 cm³/mol. The number of ether oxygens (including phenoxy) is 2. The van der Waals surface area contributed by atoms with Crippen molar-refractivity contribution in [2.45, 2.75) is 13.5 Å². The van der Waals surface area contributed by atoms with Crippen LogP contribution in [0.15, 0.2) is 47.0 Å². The van der Waals surface area contributed by atoms with Gasteiger partial charge in [0.2, 0.25) is 0 Å². The number of rotatable bonds is 6. The fourth-order valence-corrected chi connectivity index (χ4v) is 2.40. The van der Waals surface area contributed by atoms with E-state index >= 15 is 0 Å². The first-order chi connectivity index (χ1) is 13.0. The van der Waals surface area contributed by atoms with Gasteiger partial charge in [0.1, 0.15) is 24.0 Å². The third-order valence-electron chi connectivity index (χ3n) is 3.82. The fraction of sp³-hybridized carbons (Fsp3) is 0.158. The maximum atomic E-state index is 13.7. The maximum Gasteiger partial charge on any atom is 0.278 e. The van der Waals surface area contributed by atoms with Crippen LogP contribution in [0.25, 0.3) is 0 Å². The van der Waals surface area contributed by atoms with Crippen LogP contribution in [0.1, 0.15) is 21.8 Å². The molecule has 6 nitrogen and oxygen atoms in total. The standard InChI is InChI=1S/C19H16F2N2O4/c1-11-13(10-26-17-6-4-3-5-16(17)25-2)18(23-27-11)19(24)22-15-9-12(20)7-8-14(15)21/h3-9H,10H2,1-2H3,(H,22,24). The topological polar surface area (TPSA) is 73.6 Å². The maximum absolute atomic E-state index is 13.7. The Bertz CT molecular complexity index is 972. The predicted octanol–water partition coefficient (Wildman–Crippen LogP) is 4.10. The minimum Gasteiger partial charge on any atom is -0.493 e. The summed E-state index contributed by atoms with van der Waals surface area (Å²) in [7, 11) is 1.51. The second-order valence-electron chi connectivity index (χ2n) is 5.58. The van der Waals surface area contributed by atoms with E-state index in [4.69, 9.17) is 14.0 Å². The molecule has 0 fully saturated rings. The van der Waals surface area contributed by atoms with Gasteiger partial charge in [0.25, 0.3) is 5.91 Å². The molecule has 1 aromatic heterocycles. The highest BCUT2D eigenvalue weighted by atomic mass is 19.1. The van der Waals surface area contributed by atoms with Crippen LogP contribution in [0.3, 0.4) is 0 Å². The van der Waals surface area contributed by atoms with Crippen molar-refractivity contribution in [2.24, 2.45) is 0 Å². The molecule has 2 aromatic carbocycles. The van der Waals surface area contributed by atoms with Crippen molar-refractivity contribution in [1.29, 1.82) is 0 Å². The van der Waals surface area contributed by atoms with Crippen LogP contribution in [0.2, 0.25) is 0 Å². The number of amides is 1. The molecule has 1 N–H and O–H groups in total. The van der Waals surface area contributed by atoms with E-state index in [1.807, 2.05) is 0 Å². The SMILES string of the molecule is COc1ccccc1OCc1c(C(=O)Nc2cc(F)ccc2F)noc1C. The number of carbonyl (C=O) groups is 1. The van der Waals surface area contributed by atoms with Crippen LogP contribution in [-0.4, -0.2) is 18.2 Å².